The molecule has 2 aromatic rings. The normalized spacial score (nSPS) is 18.1. The molecule has 190 valence electrons. The predicted molar refractivity (Wildman–Crippen MR) is 125 cm³/mol. The Morgan fingerprint density at radius 3 is 2.26 bits per heavy atom. The Hall–Kier alpha value is -2.99. The fourth-order valence-electron chi connectivity index (χ4n) is 4.08. The summed E-state index contributed by atoms with van der Waals surface area (Å²) in [5.41, 5.74) is -1.31. The summed E-state index contributed by atoms with van der Waals surface area (Å²) < 4.78 is 76.6. The van der Waals surface area contributed by atoms with E-state index in [0.29, 0.717) is 43.1 Å². The van der Waals surface area contributed by atoms with E-state index in [9.17, 15) is 26.4 Å². The Bertz CT molecular complexity index is 1230. The number of para-hydroxylation sites is 1. The summed E-state index contributed by atoms with van der Waals surface area (Å²) in [4.78, 5) is 15.8. The average Bonchev–Trinajstić information content (AvgIpc) is 2.98. The SMILES string of the molecule is CC(C)(C)OC(=O)N1CCN(CCN2c3cccc(F)c3N(c3ccc(F)cc3F)S2(=O)=O)CC1. The highest BCUT2D eigenvalue weighted by Gasteiger charge is 2.44. The van der Waals surface area contributed by atoms with E-state index in [4.69, 9.17) is 4.74 Å². The maximum Gasteiger partial charge on any atom is 0.410 e. The van der Waals surface area contributed by atoms with Gasteiger partial charge >= 0.3 is 16.3 Å². The number of ether oxygens (including phenoxy) is 1. The van der Waals surface area contributed by atoms with Gasteiger partial charge < -0.3 is 9.64 Å². The van der Waals surface area contributed by atoms with Crippen molar-refractivity contribution in [2.45, 2.75) is 26.4 Å². The molecule has 1 amide bonds. The molecule has 2 aliphatic rings. The molecule has 1 saturated heterocycles. The summed E-state index contributed by atoms with van der Waals surface area (Å²) >= 11 is 0. The zero-order valence-electron chi connectivity index (χ0n) is 19.7. The van der Waals surface area contributed by atoms with Crippen LogP contribution in [0.1, 0.15) is 20.8 Å². The van der Waals surface area contributed by atoms with Gasteiger partial charge in [0.05, 0.1) is 11.4 Å². The van der Waals surface area contributed by atoms with Crippen LogP contribution in [0.5, 0.6) is 0 Å². The van der Waals surface area contributed by atoms with Gasteiger partial charge in [0.15, 0.2) is 5.82 Å². The van der Waals surface area contributed by atoms with Crippen molar-refractivity contribution in [2.24, 2.45) is 0 Å². The molecule has 35 heavy (non-hydrogen) atoms. The van der Waals surface area contributed by atoms with Crippen LogP contribution >= 0.6 is 0 Å². The highest BCUT2D eigenvalue weighted by molar-refractivity contribution is 7.95. The first-order valence-electron chi connectivity index (χ1n) is 11.2. The molecule has 8 nitrogen and oxygen atoms in total. The number of piperazine rings is 1. The van der Waals surface area contributed by atoms with Gasteiger partial charge in [0.25, 0.3) is 0 Å². The van der Waals surface area contributed by atoms with E-state index in [0.717, 1.165) is 22.5 Å². The van der Waals surface area contributed by atoms with Crippen LogP contribution in [0.3, 0.4) is 0 Å². The number of halogens is 3. The van der Waals surface area contributed by atoms with Gasteiger partial charge in [-0.2, -0.15) is 8.42 Å². The molecule has 4 rings (SSSR count). The number of hydrogen-bond acceptors (Lipinski definition) is 5. The van der Waals surface area contributed by atoms with E-state index >= 15 is 0 Å². The third-order valence-electron chi connectivity index (χ3n) is 5.72. The van der Waals surface area contributed by atoms with Gasteiger partial charge in [0.2, 0.25) is 0 Å². The number of amides is 1. The number of rotatable bonds is 4. The minimum Gasteiger partial charge on any atom is -0.444 e. The van der Waals surface area contributed by atoms with E-state index in [1.165, 1.54) is 12.1 Å². The lowest BCUT2D eigenvalue weighted by Gasteiger charge is -2.36. The van der Waals surface area contributed by atoms with Crippen molar-refractivity contribution >= 4 is 33.4 Å². The molecule has 0 aliphatic carbocycles. The summed E-state index contributed by atoms with van der Waals surface area (Å²) in [6.07, 6.45) is -0.402. The van der Waals surface area contributed by atoms with Crippen molar-refractivity contribution in [3.63, 3.8) is 0 Å². The van der Waals surface area contributed by atoms with E-state index in [1.807, 2.05) is 4.90 Å². The highest BCUT2D eigenvalue weighted by atomic mass is 32.2. The summed E-state index contributed by atoms with van der Waals surface area (Å²) in [6, 6.07) is 6.35. The fraction of sp³-hybridized carbons (Fsp3) is 0.435. The second-order valence-corrected chi connectivity index (χ2v) is 11.1. The Labute approximate surface area is 202 Å². The molecule has 0 N–H and O–H groups in total. The van der Waals surface area contributed by atoms with Crippen LogP contribution in [0.2, 0.25) is 0 Å². The van der Waals surface area contributed by atoms with Gasteiger partial charge in [-0.3, -0.25) is 4.90 Å². The molecule has 0 saturated carbocycles. The van der Waals surface area contributed by atoms with Gasteiger partial charge in [0, 0.05) is 45.3 Å². The average molecular weight is 513 g/mol. The summed E-state index contributed by atoms with van der Waals surface area (Å²) in [6.45, 7) is 7.48. The minimum atomic E-state index is -4.39. The van der Waals surface area contributed by atoms with Crippen LogP contribution in [0, 0.1) is 17.5 Å². The third kappa shape index (κ3) is 5.03. The molecule has 0 unspecified atom stereocenters. The predicted octanol–water partition coefficient (Wildman–Crippen LogP) is 3.86. The van der Waals surface area contributed by atoms with Crippen LogP contribution in [-0.2, 0) is 14.9 Å². The smallest absolute Gasteiger partial charge is 0.410 e. The molecule has 1 fully saturated rings. The first kappa shape index (κ1) is 25.1. The van der Waals surface area contributed by atoms with Crippen LogP contribution in [-0.4, -0.2) is 69.2 Å². The summed E-state index contributed by atoms with van der Waals surface area (Å²) in [5.74, 6) is -2.84. The Morgan fingerprint density at radius 1 is 0.943 bits per heavy atom. The molecule has 2 aliphatic heterocycles. The van der Waals surface area contributed by atoms with Crippen molar-refractivity contribution in [1.29, 1.82) is 0 Å². The van der Waals surface area contributed by atoms with E-state index in [-0.39, 0.29) is 17.9 Å². The largest absolute Gasteiger partial charge is 0.444 e. The molecule has 0 atom stereocenters. The maximum absolute atomic E-state index is 14.8. The summed E-state index contributed by atoms with van der Waals surface area (Å²) in [7, 11) is -4.39. The number of carbonyl (C=O) groups is 1. The Balaban J connectivity index is 1.50. The molecular formula is C23H27F3N4O4S. The van der Waals surface area contributed by atoms with E-state index in [1.54, 1.807) is 25.7 Å². The van der Waals surface area contributed by atoms with Gasteiger partial charge in [-0.25, -0.2) is 26.6 Å². The second-order valence-electron chi connectivity index (χ2n) is 9.36. The number of carbonyl (C=O) groups excluding carboxylic acids is 1. The number of nitrogens with zero attached hydrogens (tertiary/aromatic N) is 4. The fourth-order valence-corrected chi connectivity index (χ4v) is 5.80. The minimum absolute atomic E-state index is 0.0233. The van der Waals surface area contributed by atoms with Crippen LogP contribution in [0.4, 0.5) is 35.0 Å². The lowest BCUT2D eigenvalue weighted by Crippen LogP contribution is -2.51. The highest BCUT2D eigenvalue weighted by Crippen LogP contribution is 2.47. The van der Waals surface area contributed by atoms with Gasteiger partial charge in [0.1, 0.15) is 22.9 Å². The van der Waals surface area contributed by atoms with Gasteiger partial charge in [-0.05, 0) is 45.0 Å². The van der Waals surface area contributed by atoms with Crippen LogP contribution in [0.15, 0.2) is 36.4 Å². The van der Waals surface area contributed by atoms with E-state index < -0.39 is 45.0 Å². The molecule has 0 radical (unpaired) electrons. The molecule has 2 aromatic carbocycles. The number of fused-ring (bicyclic) bond motifs is 1. The van der Waals surface area contributed by atoms with Crippen molar-refractivity contribution < 1.29 is 31.1 Å². The van der Waals surface area contributed by atoms with Crippen LogP contribution < -0.4 is 8.61 Å². The molecule has 0 bridgehead atoms. The number of hydrogen-bond donors (Lipinski definition) is 0. The lowest BCUT2D eigenvalue weighted by atomic mass is 10.2. The maximum atomic E-state index is 14.8. The van der Waals surface area contributed by atoms with Crippen molar-refractivity contribution in [3.05, 3.63) is 53.8 Å². The molecule has 0 aromatic heterocycles. The first-order valence-corrected chi connectivity index (χ1v) is 12.5. The molecule has 2 heterocycles. The first-order chi connectivity index (χ1) is 16.4. The quantitative estimate of drug-likeness (QED) is 0.622. The van der Waals surface area contributed by atoms with Crippen molar-refractivity contribution in [3.8, 4) is 0 Å². The zero-order valence-corrected chi connectivity index (χ0v) is 20.5. The standard InChI is InChI=1S/C23H27F3N4O4S/c1-23(2,3)34-22(31)28-12-9-27(10-13-28)11-14-29-20-6-4-5-17(25)21(20)30(35(29,32)33)19-8-7-16(24)15-18(19)26/h4-8,15H,9-14H2,1-3H3. The molecule has 12 heteroatoms. The zero-order chi connectivity index (χ0) is 25.5. The third-order valence-corrected chi connectivity index (χ3v) is 7.50. The van der Waals surface area contributed by atoms with Crippen molar-refractivity contribution in [1.82, 2.24) is 9.80 Å². The number of benzene rings is 2. The number of anilines is 3. The van der Waals surface area contributed by atoms with E-state index in [2.05, 4.69) is 0 Å². The Morgan fingerprint density at radius 2 is 1.63 bits per heavy atom. The second kappa shape index (κ2) is 9.23. The van der Waals surface area contributed by atoms with Crippen LogP contribution in [0.25, 0.3) is 0 Å². The topological polar surface area (TPSA) is 73.4 Å². The summed E-state index contributed by atoms with van der Waals surface area (Å²) in [5, 5.41) is 0. The van der Waals surface area contributed by atoms with Crippen molar-refractivity contribution in [2.75, 3.05) is 47.9 Å². The van der Waals surface area contributed by atoms with Gasteiger partial charge in [-0.15, -0.1) is 0 Å². The monoisotopic (exact) mass is 512 g/mol. The van der Waals surface area contributed by atoms with Gasteiger partial charge in [-0.1, -0.05) is 6.07 Å². The molecular weight excluding hydrogens is 485 g/mol. The molecule has 0 spiro atoms. The lowest BCUT2D eigenvalue weighted by molar-refractivity contribution is 0.0148. The Kier molecular flexibility index (Phi) is 6.62.